The Kier molecular flexibility index (Phi) is 3.67. The fourth-order valence-corrected chi connectivity index (χ4v) is 2.62. The van der Waals surface area contributed by atoms with Gasteiger partial charge < -0.3 is 0 Å². The van der Waals surface area contributed by atoms with Crippen molar-refractivity contribution in [2.75, 3.05) is 4.72 Å². The molecule has 0 radical (unpaired) electrons. The van der Waals surface area contributed by atoms with E-state index in [1.165, 1.54) is 0 Å². The van der Waals surface area contributed by atoms with Crippen molar-refractivity contribution in [1.82, 2.24) is 4.98 Å². The molecule has 0 atom stereocenters. The predicted molar refractivity (Wildman–Crippen MR) is 66.1 cm³/mol. The average molecular weight is 302 g/mol. The topological polar surface area (TPSA) is 59.1 Å². The number of benzene rings is 1. The van der Waals surface area contributed by atoms with Gasteiger partial charge >= 0.3 is 0 Å². The highest BCUT2D eigenvalue weighted by atomic mass is 32.2. The number of anilines is 1. The Morgan fingerprint density at radius 1 is 1.10 bits per heavy atom. The van der Waals surface area contributed by atoms with Crippen molar-refractivity contribution in [3.63, 3.8) is 0 Å². The van der Waals surface area contributed by atoms with Gasteiger partial charge in [-0.25, -0.2) is 26.6 Å². The molecule has 0 bridgehead atoms. The van der Waals surface area contributed by atoms with Crippen molar-refractivity contribution in [3.05, 3.63) is 53.5 Å². The van der Waals surface area contributed by atoms with Gasteiger partial charge in [0.25, 0.3) is 10.0 Å². The molecule has 0 spiro atoms. The molecule has 0 saturated carbocycles. The van der Waals surface area contributed by atoms with Gasteiger partial charge in [0.2, 0.25) is 0 Å². The minimum atomic E-state index is -4.27. The van der Waals surface area contributed by atoms with Crippen molar-refractivity contribution in [2.24, 2.45) is 0 Å². The number of nitrogens with one attached hydrogen (secondary N) is 1. The molecule has 0 amide bonds. The summed E-state index contributed by atoms with van der Waals surface area (Å²) in [6.45, 7) is 1.12. The first-order valence-electron chi connectivity index (χ1n) is 5.40. The zero-order valence-electron chi connectivity index (χ0n) is 10.2. The fraction of sp³-hybridized carbons (Fsp3) is 0.0833. The molecule has 4 nitrogen and oxygen atoms in total. The molecule has 0 fully saturated rings. The molecule has 2 aromatic rings. The lowest BCUT2D eigenvalue weighted by Crippen LogP contribution is -2.16. The molecule has 0 saturated heterocycles. The molecular formula is C12H9F3N2O2S. The van der Waals surface area contributed by atoms with E-state index in [0.717, 1.165) is 37.4 Å². The fourth-order valence-electron chi connectivity index (χ4n) is 1.47. The Bertz CT molecular complexity index is 746. The van der Waals surface area contributed by atoms with Gasteiger partial charge in [0.1, 0.15) is 28.2 Å². The van der Waals surface area contributed by atoms with E-state index in [1.807, 2.05) is 4.72 Å². The number of aromatic nitrogens is 1. The number of sulfonamides is 1. The number of hydrogen-bond donors (Lipinski definition) is 1. The minimum absolute atomic E-state index is 0.173. The monoisotopic (exact) mass is 302 g/mol. The zero-order valence-corrected chi connectivity index (χ0v) is 11.0. The maximum absolute atomic E-state index is 13.8. The van der Waals surface area contributed by atoms with Crippen LogP contribution in [0.25, 0.3) is 0 Å². The molecule has 1 aromatic carbocycles. The van der Waals surface area contributed by atoms with Gasteiger partial charge in [-0.1, -0.05) is 0 Å². The Morgan fingerprint density at radius 3 is 2.40 bits per heavy atom. The Labute approximate surface area is 113 Å². The Morgan fingerprint density at radius 2 is 1.80 bits per heavy atom. The maximum atomic E-state index is 13.8. The number of halogens is 3. The van der Waals surface area contributed by atoms with Crippen molar-refractivity contribution < 1.29 is 21.6 Å². The highest BCUT2D eigenvalue weighted by Gasteiger charge is 2.22. The lowest BCUT2D eigenvalue weighted by atomic mass is 10.2. The van der Waals surface area contributed by atoms with Crippen LogP contribution in [0.3, 0.4) is 0 Å². The molecule has 1 heterocycles. The van der Waals surface area contributed by atoms with Gasteiger partial charge in [-0.2, -0.15) is 0 Å². The lowest BCUT2D eigenvalue weighted by Gasteiger charge is -2.09. The van der Waals surface area contributed by atoms with Gasteiger partial charge in [-0.3, -0.25) is 4.72 Å². The standard InChI is InChI=1S/C12H9F3N2O2S/c1-7-9(14)3-4-10(12(7)15)20(18,19)17-11-5-2-8(13)6-16-11/h2-6H,1H3,(H,16,17). The molecule has 1 N–H and O–H groups in total. The third-order valence-corrected chi connectivity index (χ3v) is 3.91. The summed E-state index contributed by atoms with van der Waals surface area (Å²) in [7, 11) is -4.27. The van der Waals surface area contributed by atoms with Gasteiger partial charge in [0.15, 0.2) is 0 Å². The van der Waals surface area contributed by atoms with E-state index >= 15 is 0 Å². The second-order valence-electron chi connectivity index (χ2n) is 3.95. The van der Waals surface area contributed by atoms with Crippen molar-refractivity contribution >= 4 is 15.8 Å². The first-order chi connectivity index (χ1) is 9.31. The third kappa shape index (κ3) is 2.74. The van der Waals surface area contributed by atoms with E-state index < -0.39 is 37.9 Å². The summed E-state index contributed by atoms with van der Waals surface area (Å²) in [6, 6.07) is 3.74. The van der Waals surface area contributed by atoms with E-state index in [-0.39, 0.29) is 5.82 Å². The summed E-state index contributed by atoms with van der Waals surface area (Å²) in [4.78, 5) is 2.79. The van der Waals surface area contributed by atoms with Crippen molar-refractivity contribution in [2.45, 2.75) is 11.8 Å². The second-order valence-corrected chi connectivity index (χ2v) is 5.60. The quantitative estimate of drug-likeness (QED) is 0.948. The number of pyridine rings is 1. The van der Waals surface area contributed by atoms with Crippen LogP contribution in [0.15, 0.2) is 35.4 Å². The molecule has 8 heteroatoms. The van der Waals surface area contributed by atoms with Gasteiger partial charge in [0, 0.05) is 5.56 Å². The van der Waals surface area contributed by atoms with Gasteiger partial charge in [-0.15, -0.1) is 0 Å². The lowest BCUT2D eigenvalue weighted by molar-refractivity contribution is 0.539. The summed E-state index contributed by atoms with van der Waals surface area (Å²) < 4.78 is 65.5. The zero-order chi connectivity index (χ0) is 14.9. The highest BCUT2D eigenvalue weighted by molar-refractivity contribution is 7.92. The van der Waals surface area contributed by atoms with Crippen LogP contribution < -0.4 is 4.72 Å². The third-order valence-electron chi connectivity index (χ3n) is 2.54. The van der Waals surface area contributed by atoms with E-state index in [9.17, 15) is 21.6 Å². The smallest absolute Gasteiger partial charge is 0.263 e. The van der Waals surface area contributed by atoms with Crippen LogP contribution in [-0.4, -0.2) is 13.4 Å². The highest BCUT2D eigenvalue weighted by Crippen LogP contribution is 2.22. The maximum Gasteiger partial charge on any atom is 0.265 e. The van der Waals surface area contributed by atoms with Crippen LogP contribution in [-0.2, 0) is 10.0 Å². The normalized spacial score (nSPS) is 11.4. The van der Waals surface area contributed by atoms with Gasteiger partial charge in [0.05, 0.1) is 6.20 Å². The van der Waals surface area contributed by atoms with E-state index in [1.54, 1.807) is 0 Å². The number of rotatable bonds is 3. The molecule has 2 rings (SSSR count). The summed E-state index contributed by atoms with van der Waals surface area (Å²) in [5, 5.41) is 0. The molecular weight excluding hydrogens is 293 g/mol. The minimum Gasteiger partial charge on any atom is -0.263 e. The van der Waals surface area contributed by atoms with Crippen LogP contribution >= 0.6 is 0 Å². The van der Waals surface area contributed by atoms with E-state index in [4.69, 9.17) is 0 Å². The SMILES string of the molecule is Cc1c(F)ccc(S(=O)(=O)Nc2ccc(F)cn2)c1F. The van der Waals surface area contributed by atoms with Crippen LogP contribution in [0.1, 0.15) is 5.56 Å². The molecule has 0 aliphatic carbocycles. The first-order valence-corrected chi connectivity index (χ1v) is 6.88. The molecule has 20 heavy (non-hydrogen) atoms. The summed E-state index contributed by atoms with van der Waals surface area (Å²) >= 11 is 0. The predicted octanol–water partition coefficient (Wildman–Crippen LogP) is 2.61. The average Bonchev–Trinajstić information content (AvgIpc) is 2.38. The Hall–Kier alpha value is -2.09. The number of nitrogens with zero attached hydrogens (tertiary/aromatic N) is 1. The van der Waals surface area contributed by atoms with Crippen LogP contribution in [0.2, 0.25) is 0 Å². The van der Waals surface area contributed by atoms with E-state index in [2.05, 4.69) is 4.98 Å². The van der Waals surface area contributed by atoms with Crippen LogP contribution in [0, 0.1) is 24.4 Å². The molecule has 1 aromatic heterocycles. The first kappa shape index (κ1) is 14.3. The van der Waals surface area contributed by atoms with Crippen molar-refractivity contribution in [3.8, 4) is 0 Å². The summed E-state index contributed by atoms with van der Waals surface area (Å²) in [6.07, 6.45) is 0.810. The molecule has 0 aliphatic heterocycles. The summed E-state index contributed by atoms with van der Waals surface area (Å²) in [5.74, 6) is -2.84. The van der Waals surface area contributed by atoms with E-state index in [0.29, 0.717) is 0 Å². The largest absolute Gasteiger partial charge is 0.265 e. The molecule has 106 valence electrons. The number of hydrogen-bond acceptors (Lipinski definition) is 3. The van der Waals surface area contributed by atoms with Crippen molar-refractivity contribution in [1.29, 1.82) is 0 Å². The van der Waals surface area contributed by atoms with Gasteiger partial charge in [-0.05, 0) is 31.2 Å². The van der Waals surface area contributed by atoms with Crippen LogP contribution in [0.4, 0.5) is 19.0 Å². The Balaban J connectivity index is 2.41. The molecule has 0 unspecified atom stereocenters. The van der Waals surface area contributed by atoms with Crippen LogP contribution in [0.5, 0.6) is 0 Å². The second kappa shape index (κ2) is 5.12. The molecule has 0 aliphatic rings. The summed E-state index contributed by atoms with van der Waals surface area (Å²) in [5.41, 5.74) is -0.403.